The molecule has 0 spiro atoms. The molecule has 0 radical (unpaired) electrons. The zero-order valence-electron chi connectivity index (χ0n) is 11.1. The second-order valence-corrected chi connectivity index (χ2v) is 5.62. The Balaban J connectivity index is 1.95. The van der Waals surface area contributed by atoms with Gasteiger partial charge in [0.15, 0.2) is 5.96 Å². The van der Waals surface area contributed by atoms with Gasteiger partial charge in [-0.25, -0.2) is 4.39 Å². The van der Waals surface area contributed by atoms with E-state index in [-0.39, 0.29) is 11.4 Å². The first-order chi connectivity index (χ1) is 9.11. The Bertz CT molecular complexity index is 493. The van der Waals surface area contributed by atoms with Gasteiger partial charge in [-0.05, 0) is 31.9 Å². The molecule has 0 saturated heterocycles. The molecule has 2 N–H and O–H groups in total. The topological polar surface area (TPSA) is 54.5 Å². The summed E-state index contributed by atoms with van der Waals surface area (Å²) in [5.41, 5.74) is 6.57. The van der Waals surface area contributed by atoms with E-state index in [1.54, 1.807) is 6.07 Å². The fourth-order valence-corrected chi connectivity index (χ4v) is 3.29. The average Bonchev–Trinajstić information content (AvgIpc) is 2.99. The average molecular weight is 262 g/mol. The van der Waals surface area contributed by atoms with E-state index < -0.39 is 0 Å². The Hall–Kier alpha value is -1.65. The highest BCUT2D eigenvalue weighted by atomic mass is 19.1. The molecule has 1 aliphatic heterocycles. The van der Waals surface area contributed by atoms with Crippen molar-refractivity contribution in [3.63, 3.8) is 0 Å². The molecule has 2 heterocycles. The molecule has 3 rings (SSSR count). The Kier molecular flexibility index (Phi) is 2.92. The van der Waals surface area contributed by atoms with Crippen molar-refractivity contribution in [2.75, 3.05) is 6.54 Å². The second-order valence-electron chi connectivity index (χ2n) is 5.62. The van der Waals surface area contributed by atoms with Crippen LogP contribution < -0.4 is 5.73 Å². The van der Waals surface area contributed by atoms with E-state index in [2.05, 4.69) is 21.8 Å². The molecule has 4 nitrogen and oxygen atoms in total. The van der Waals surface area contributed by atoms with Crippen LogP contribution in [0.1, 0.15) is 38.3 Å². The van der Waals surface area contributed by atoms with Gasteiger partial charge in [0, 0.05) is 6.04 Å². The van der Waals surface area contributed by atoms with E-state index in [4.69, 9.17) is 5.73 Å². The van der Waals surface area contributed by atoms with Gasteiger partial charge in [0.25, 0.3) is 0 Å². The molecule has 19 heavy (non-hydrogen) atoms. The number of rotatable bonds is 2. The van der Waals surface area contributed by atoms with Gasteiger partial charge in [-0.3, -0.25) is 9.98 Å². The summed E-state index contributed by atoms with van der Waals surface area (Å²) in [6.07, 6.45) is 6.03. The molecule has 1 unspecified atom stereocenters. The summed E-state index contributed by atoms with van der Waals surface area (Å²) in [7, 11) is 0. The Morgan fingerprint density at radius 1 is 1.37 bits per heavy atom. The van der Waals surface area contributed by atoms with E-state index in [1.165, 1.54) is 25.1 Å². The maximum Gasteiger partial charge on any atom is 0.192 e. The standard InChI is InChI=1S/C14H19FN4/c1-14(12-7-6-10(15)8-17-12)9-18-13(16)19(14)11-4-2-3-5-11/h6-8,11H,2-5,9H2,1H3,(H2,16,18). The van der Waals surface area contributed by atoms with Gasteiger partial charge in [0.1, 0.15) is 11.4 Å². The molecule has 2 aliphatic rings. The normalized spacial score (nSPS) is 27.9. The number of guanidine groups is 1. The highest BCUT2D eigenvalue weighted by Crippen LogP contribution is 2.37. The van der Waals surface area contributed by atoms with Crippen LogP contribution >= 0.6 is 0 Å². The molecule has 102 valence electrons. The second kappa shape index (κ2) is 4.47. The number of hydrogen-bond acceptors (Lipinski definition) is 4. The van der Waals surface area contributed by atoms with Gasteiger partial charge < -0.3 is 10.6 Å². The van der Waals surface area contributed by atoms with Crippen LogP contribution in [0.5, 0.6) is 0 Å². The summed E-state index contributed by atoms with van der Waals surface area (Å²) < 4.78 is 13.0. The molecule has 1 aliphatic carbocycles. The predicted molar refractivity (Wildman–Crippen MR) is 72.1 cm³/mol. The van der Waals surface area contributed by atoms with Gasteiger partial charge in [-0.15, -0.1) is 0 Å². The fraction of sp³-hybridized carbons (Fsp3) is 0.571. The molecule has 0 amide bonds. The van der Waals surface area contributed by atoms with Crippen molar-refractivity contribution in [3.05, 3.63) is 29.8 Å². The van der Waals surface area contributed by atoms with E-state index in [1.807, 2.05) is 0 Å². The lowest BCUT2D eigenvalue weighted by Gasteiger charge is -2.40. The van der Waals surface area contributed by atoms with E-state index >= 15 is 0 Å². The summed E-state index contributed by atoms with van der Waals surface area (Å²) in [4.78, 5) is 10.8. The third-order valence-electron chi connectivity index (χ3n) is 4.30. The minimum Gasteiger partial charge on any atom is -0.370 e. The van der Waals surface area contributed by atoms with Crippen LogP contribution in [0.3, 0.4) is 0 Å². The van der Waals surface area contributed by atoms with Crippen molar-refractivity contribution in [1.82, 2.24) is 9.88 Å². The minimum absolute atomic E-state index is 0.313. The SMILES string of the molecule is CC1(c2ccc(F)cn2)CN=C(N)N1C1CCCC1. The highest BCUT2D eigenvalue weighted by molar-refractivity contribution is 5.81. The molecule has 1 fully saturated rings. The number of aliphatic imine (C=N–C) groups is 1. The van der Waals surface area contributed by atoms with Gasteiger partial charge >= 0.3 is 0 Å². The summed E-state index contributed by atoms with van der Waals surface area (Å²) in [5.74, 6) is 0.284. The maximum atomic E-state index is 13.0. The van der Waals surface area contributed by atoms with Crippen molar-refractivity contribution in [2.24, 2.45) is 10.7 Å². The van der Waals surface area contributed by atoms with Gasteiger partial charge in [0.2, 0.25) is 0 Å². The predicted octanol–water partition coefficient (Wildman–Crippen LogP) is 2.01. The molecule has 1 atom stereocenters. The minimum atomic E-state index is -0.340. The lowest BCUT2D eigenvalue weighted by atomic mass is 9.94. The van der Waals surface area contributed by atoms with Crippen molar-refractivity contribution >= 4 is 5.96 Å². The highest BCUT2D eigenvalue weighted by Gasteiger charge is 2.44. The first-order valence-electron chi connectivity index (χ1n) is 6.82. The Morgan fingerprint density at radius 2 is 2.11 bits per heavy atom. The smallest absolute Gasteiger partial charge is 0.192 e. The van der Waals surface area contributed by atoms with E-state index in [9.17, 15) is 4.39 Å². The molecular formula is C14H19FN4. The third-order valence-corrected chi connectivity index (χ3v) is 4.30. The fourth-order valence-electron chi connectivity index (χ4n) is 3.29. The van der Waals surface area contributed by atoms with Crippen LogP contribution in [0.25, 0.3) is 0 Å². The van der Waals surface area contributed by atoms with Crippen molar-refractivity contribution in [2.45, 2.75) is 44.2 Å². The summed E-state index contributed by atoms with van der Waals surface area (Å²) in [6.45, 7) is 2.68. The summed E-state index contributed by atoms with van der Waals surface area (Å²) in [6, 6.07) is 3.63. The lowest BCUT2D eigenvalue weighted by Crippen LogP contribution is -2.52. The zero-order chi connectivity index (χ0) is 13.5. The molecule has 0 aromatic carbocycles. The number of halogens is 1. The number of pyridine rings is 1. The van der Waals surface area contributed by atoms with Crippen LogP contribution in [-0.2, 0) is 5.54 Å². The van der Waals surface area contributed by atoms with E-state index in [0.717, 1.165) is 18.5 Å². The molecule has 1 saturated carbocycles. The van der Waals surface area contributed by atoms with Crippen molar-refractivity contribution in [3.8, 4) is 0 Å². The Morgan fingerprint density at radius 3 is 2.74 bits per heavy atom. The summed E-state index contributed by atoms with van der Waals surface area (Å²) in [5, 5.41) is 0. The molecule has 5 heteroatoms. The Labute approximate surface area is 112 Å². The monoisotopic (exact) mass is 262 g/mol. The first-order valence-corrected chi connectivity index (χ1v) is 6.82. The van der Waals surface area contributed by atoms with E-state index in [0.29, 0.717) is 18.5 Å². The molecule has 1 aromatic heterocycles. The third kappa shape index (κ3) is 1.97. The van der Waals surface area contributed by atoms with Crippen LogP contribution in [0.4, 0.5) is 4.39 Å². The van der Waals surface area contributed by atoms with Crippen LogP contribution in [0.15, 0.2) is 23.3 Å². The summed E-state index contributed by atoms with van der Waals surface area (Å²) >= 11 is 0. The van der Waals surface area contributed by atoms with Crippen LogP contribution in [0.2, 0.25) is 0 Å². The van der Waals surface area contributed by atoms with Crippen molar-refractivity contribution < 1.29 is 4.39 Å². The number of aromatic nitrogens is 1. The van der Waals surface area contributed by atoms with Gasteiger partial charge in [-0.2, -0.15) is 0 Å². The molecule has 0 bridgehead atoms. The quantitative estimate of drug-likeness (QED) is 0.887. The van der Waals surface area contributed by atoms with Crippen LogP contribution in [0, 0.1) is 5.82 Å². The van der Waals surface area contributed by atoms with Crippen molar-refractivity contribution in [1.29, 1.82) is 0 Å². The number of nitrogens with zero attached hydrogens (tertiary/aromatic N) is 3. The van der Waals surface area contributed by atoms with Gasteiger partial charge in [0.05, 0.1) is 18.4 Å². The molecule has 1 aromatic rings. The number of hydrogen-bond donors (Lipinski definition) is 1. The zero-order valence-corrected chi connectivity index (χ0v) is 11.1. The first kappa shape index (κ1) is 12.4. The van der Waals surface area contributed by atoms with Crippen LogP contribution in [-0.4, -0.2) is 28.4 Å². The lowest BCUT2D eigenvalue weighted by molar-refractivity contribution is 0.162. The maximum absolute atomic E-state index is 13.0. The molecular weight excluding hydrogens is 243 g/mol. The largest absolute Gasteiger partial charge is 0.370 e. The number of nitrogens with two attached hydrogens (primary N) is 1. The van der Waals surface area contributed by atoms with Gasteiger partial charge in [-0.1, -0.05) is 12.8 Å².